The summed E-state index contributed by atoms with van der Waals surface area (Å²) in [7, 11) is 0. The third-order valence-electron chi connectivity index (χ3n) is 3.07. The SMILES string of the molecule is O=C1NN(c2ccccc2)C(=O)/C1=C/c1cccc(F)c1. The van der Waals surface area contributed by atoms with Crippen molar-refractivity contribution in [2.45, 2.75) is 0 Å². The van der Waals surface area contributed by atoms with Gasteiger partial charge in [0.15, 0.2) is 0 Å². The predicted molar refractivity (Wildman–Crippen MR) is 76.4 cm³/mol. The number of carbonyl (C=O) groups excluding carboxylic acids is 2. The molecular formula is C16H11FN2O2. The number of hydrogen-bond donors (Lipinski definition) is 1. The first-order valence-electron chi connectivity index (χ1n) is 6.33. The molecule has 0 aromatic heterocycles. The number of amides is 2. The lowest BCUT2D eigenvalue weighted by Gasteiger charge is -2.13. The third-order valence-corrected chi connectivity index (χ3v) is 3.07. The number of anilines is 1. The molecule has 0 atom stereocenters. The molecule has 2 aromatic rings. The number of nitrogens with one attached hydrogen (secondary N) is 1. The van der Waals surface area contributed by atoms with Crippen LogP contribution in [0.25, 0.3) is 6.08 Å². The number of hydrogen-bond acceptors (Lipinski definition) is 2. The van der Waals surface area contributed by atoms with Gasteiger partial charge in [-0.05, 0) is 35.9 Å². The molecule has 1 aliphatic heterocycles. The van der Waals surface area contributed by atoms with Crippen LogP contribution in [-0.4, -0.2) is 11.8 Å². The summed E-state index contributed by atoms with van der Waals surface area (Å²) < 4.78 is 13.2. The van der Waals surface area contributed by atoms with E-state index in [1.165, 1.54) is 29.3 Å². The summed E-state index contributed by atoms with van der Waals surface area (Å²) in [5, 5.41) is 1.17. The van der Waals surface area contributed by atoms with Crippen molar-refractivity contribution in [3.63, 3.8) is 0 Å². The molecule has 1 fully saturated rings. The van der Waals surface area contributed by atoms with Crippen LogP contribution in [0.3, 0.4) is 0 Å². The van der Waals surface area contributed by atoms with Crippen LogP contribution in [0.15, 0.2) is 60.2 Å². The van der Waals surface area contributed by atoms with Gasteiger partial charge in [0.25, 0.3) is 11.8 Å². The number of para-hydroxylation sites is 1. The van der Waals surface area contributed by atoms with Crippen molar-refractivity contribution in [3.05, 3.63) is 71.6 Å². The Morgan fingerprint density at radius 1 is 1.00 bits per heavy atom. The van der Waals surface area contributed by atoms with E-state index in [9.17, 15) is 14.0 Å². The normalized spacial score (nSPS) is 16.4. The van der Waals surface area contributed by atoms with Crippen molar-refractivity contribution in [1.29, 1.82) is 0 Å². The zero-order valence-corrected chi connectivity index (χ0v) is 10.9. The maximum absolute atomic E-state index is 13.2. The van der Waals surface area contributed by atoms with E-state index in [0.29, 0.717) is 11.3 Å². The molecule has 0 saturated carbocycles. The fourth-order valence-corrected chi connectivity index (χ4v) is 2.08. The number of hydrazine groups is 1. The van der Waals surface area contributed by atoms with Crippen LogP contribution in [0.1, 0.15) is 5.56 Å². The minimum Gasteiger partial charge on any atom is -0.267 e. The van der Waals surface area contributed by atoms with Crippen LogP contribution in [0.4, 0.5) is 10.1 Å². The Balaban J connectivity index is 1.94. The third kappa shape index (κ3) is 2.53. The monoisotopic (exact) mass is 282 g/mol. The summed E-state index contributed by atoms with van der Waals surface area (Å²) in [6, 6.07) is 14.5. The van der Waals surface area contributed by atoms with E-state index in [-0.39, 0.29) is 5.57 Å². The molecule has 104 valence electrons. The van der Waals surface area contributed by atoms with Gasteiger partial charge in [0, 0.05) is 0 Å². The largest absolute Gasteiger partial charge is 0.282 e. The molecule has 1 N–H and O–H groups in total. The molecule has 5 heteroatoms. The molecule has 0 bridgehead atoms. The van der Waals surface area contributed by atoms with Crippen LogP contribution in [0.2, 0.25) is 0 Å². The number of benzene rings is 2. The van der Waals surface area contributed by atoms with E-state index >= 15 is 0 Å². The molecule has 2 aromatic carbocycles. The van der Waals surface area contributed by atoms with Gasteiger partial charge in [-0.15, -0.1) is 0 Å². The van der Waals surface area contributed by atoms with Gasteiger partial charge in [-0.3, -0.25) is 15.0 Å². The maximum Gasteiger partial charge on any atom is 0.282 e. The van der Waals surface area contributed by atoms with Crippen molar-refractivity contribution >= 4 is 23.6 Å². The Hall–Kier alpha value is -2.95. The molecule has 4 nitrogen and oxygen atoms in total. The average Bonchev–Trinajstić information content (AvgIpc) is 2.76. The maximum atomic E-state index is 13.2. The van der Waals surface area contributed by atoms with Gasteiger partial charge >= 0.3 is 0 Å². The van der Waals surface area contributed by atoms with Gasteiger partial charge in [0.05, 0.1) is 5.69 Å². The highest BCUT2D eigenvalue weighted by Gasteiger charge is 2.34. The average molecular weight is 282 g/mol. The highest BCUT2D eigenvalue weighted by Crippen LogP contribution is 2.21. The van der Waals surface area contributed by atoms with Crippen LogP contribution in [0.5, 0.6) is 0 Å². The topological polar surface area (TPSA) is 49.4 Å². The Bertz CT molecular complexity index is 741. The summed E-state index contributed by atoms with van der Waals surface area (Å²) >= 11 is 0. The van der Waals surface area contributed by atoms with Crippen molar-refractivity contribution in [3.8, 4) is 0 Å². The molecule has 0 radical (unpaired) electrons. The number of carbonyl (C=O) groups is 2. The van der Waals surface area contributed by atoms with Gasteiger partial charge < -0.3 is 0 Å². The molecule has 3 rings (SSSR count). The fraction of sp³-hybridized carbons (Fsp3) is 0. The second kappa shape index (κ2) is 5.20. The van der Waals surface area contributed by atoms with E-state index in [4.69, 9.17) is 0 Å². The summed E-state index contributed by atoms with van der Waals surface area (Å²) in [6.45, 7) is 0. The standard InChI is InChI=1S/C16H11FN2O2/c17-12-6-4-5-11(9-12)10-14-15(20)18-19(16(14)21)13-7-2-1-3-8-13/h1-10H,(H,18,20)/b14-10+. The zero-order valence-electron chi connectivity index (χ0n) is 10.9. The highest BCUT2D eigenvalue weighted by molar-refractivity contribution is 6.31. The fourth-order valence-electron chi connectivity index (χ4n) is 2.08. The lowest BCUT2D eigenvalue weighted by atomic mass is 10.1. The highest BCUT2D eigenvalue weighted by atomic mass is 19.1. The van der Waals surface area contributed by atoms with Gasteiger partial charge in [0.2, 0.25) is 0 Å². The second-order valence-electron chi connectivity index (χ2n) is 4.53. The van der Waals surface area contributed by atoms with E-state index in [1.54, 1.807) is 30.3 Å². The Morgan fingerprint density at radius 3 is 2.48 bits per heavy atom. The van der Waals surface area contributed by atoms with Gasteiger partial charge in [-0.1, -0.05) is 30.3 Å². The lowest BCUT2D eigenvalue weighted by molar-refractivity contribution is -0.117. The van der Waals surface area contributed by atoms with Gasteiger partial charge in [-0.25, -0.2) is 9.40 Å². The van der Waals surface area contributed by atoms with Crippen LogP contribution in [0, 0.1) is 5.82 Å². The number of rotatable bonds is 2. The van der Waals surface area contributed by atoms with Gasteiger partial charge in [-0.2, -0.15) is 0 Å². The minimum absolute atomic E-state index is 0.0237. The van der Waals surface area contributed by atoms with Crippen molar-refractivity contribution in [2.75, 3.05) is 5.01 Å². The Labute approximate surface area is 120 Å². The molecular weight excluding hydrogens is 271 g/mol. The molecule has 1 aliphatic rings. The Kier molecular flexibility index (Phi) is 3.23. The lowest BCUT2D eigenvalue weighted by Crippen LogP contribution is -2.35. The molecule has 1 heterocycles. The molecule has 2 amide bonds. The Morgan fingerprint density at radius 2 is 1.76 bits per heavy atom. The first kappa shape index (κ1) is 13.1. The van der Waals surface area contributed by atoms with E-state index in [1.807, 2.05) is 6.07 Å². The van der Waals surface area contributed by atoms with Crippen molar-refractivity contribution in [2.24, 2.45) is 0 Å². The predicted octanol–water partition coefficient (Wildman–Crippen LogP) is 2.29. The molecule has 0 spiro atoms. The van der Waals surface area contributed by atoms with Gasteiger partial charge in [0.1, 0.15) is 11.4 Å². The summed E-state index contributed by atoms with van der Waals surface area (Å²) in [5.41, 5.74) is 3.49. The van der Waals surface area contributed by atoms with Crippen LogP contribution >= 0.6 is 0 Å². The number of nitrogens with zero attached hydrogens (tertiary/aromatic N) is 1. The molecule has 0 unspecified atom stereocenters. The molecule has 21 heavy (non-hydrogen) atoms. The smallest absolute Gasteiger partial charge is 0.267 e. The summed E-state index contributed by atoms with van der Waals surface area (Å²) in [5.74, 6) is -1.39. The summed E-state index contributed by atoms with van der Waals surface area (Å²) in [6.07, 6.45) is 1.38. The second-order valence-corrected chi connectivity index (χ2v) is 4.53. The van der Waals surface area contributed by atoms with Crippen molar-refractivity contribution in [1.82, 2.24) is 5.43 Å². The van der Waals surface area contributed by atoms with E-state index < -0.39 is 17.6 Å². The minimum atomic E-state index is -0.506. The van der Waals surface area contributed by atoms with Crippen LogP contribution in [-0.2, 0) is 9.59 Å². The first-order valence-corrected chi connectivity index (χ1v) is 6.33. The summed E-state index contributed by atoms with van der Waals surface area (Å²) in [4.78, 5) is 24.2. The number of halogens is 1. The molecule has 0 aliphatic carbocycles. The van der Waals surface area contributed by atoms with E-state index in [2.05, 4.69) is 5.43 Å². The molecule has 1 saturated heterocycles. The first-order chi connectivity index (χ1) is 10.1. The van der Waals surface area contributed by atoms with Crippen LogP contribution < -0.4 is 10.4 Å². The van der Waals surface area contributed by atoms with E-state index in [0.717, 1.165) is 0 Å². The van der Waals surface area contributed by atoms with Crippen molar-refractivity contribution < 1.29 is 14.0 Å². The quantitative estimate of drug-likeness (QED) is 0.678. The zero-order chi connectivity index (χ0) is 14.8.